The molecule has 0 amide bonds. The summed E-state index contributed by atoms with van der Waals surface area (Å²) in [6.45, 7) is 0. The van der Waals surface area contributed by atoms with E-state index in [0.717, 1.165) is 25.7 Å². The molecule has 0 aromatic heterocycles. The molecule has 0 aliphatic heterocycles. The zero-order valence-corrected chi connectivity index (χ0v) is 9.80. The summed E-state index contributed by atoms with van der Waals surface area (Å²) < 4.78 is 13.0. The number of hydrogen-bond donors (Lipinski definition) is 2. The highest BCUT2D eigenvalue weighted by Gasteiger charge is 2.18. The second-order valence-corrected chi connectivity index (χ2v) is 4.79. The standard InChI is InChI=1S/C12H16ClFN2/c13-11-6-1-8(14)7-12(11)16-10-4-2-9(15)3-5-10/h1,6-7,9-10,16H,2-5,15H2. The smallest absolute Gasteiger partial charge is 0.125 e. The molecule has 4 heteroatoms. The number of hydrogen-bond acceptors (Lipinski definition) is 2. The van der Waals surface area contributed by atoms with Crippen molar-refractivity contribution < 1.29 is 4.39 Å². The molecule has 0 atom stereocenters. The lowest BCUT2D eigenvalue weighted by molar-refractivity contribution is 0.411. The topological polar surface area (TPSA) is 38.0 Å². The van der Waals surface area contributed by atoms with Crippen LogP contribution in [0, 0.1) is 5.82 Å². The first-order valence-corrected chi connectivity index (χ1v) is 6.00. The van der Waals surface area contributed by atoms with Crippen molar-refractivity contribution in [2.45, 2.75) is 37.8 Å². The highest BCUT2D eigenvalue weighted by Crippen LogP contribution is 2.27. The van der Waals surface area contributed by atoms with E-state index in [0.29, 0.717) is 22.8 Å². The lowest BCUT2D eigenvalue weighted by Gasteiger charge is -2.27. The van der Waals surface area contributed by atoms with Gasteiger partial charge < -0.3 is 11.1 Å². The quantitative estimate of drug-likeness (QED) is 0.836. The van der Waals surface area contributed by atoms with Crippen LogP contribution in [0.2, 0.25) is 5.02 Å². The van der Waals surface area contributed by atoms with Crippen LogP contribution >= 0.6 is 11.6 Å². The molecule has 0 spiro atoms. The summed E-state index contributed by atoms with van der Waals surface area (Å²) in [5.41, 5.74) is 6.51. The predicted octanol–water partition coefficient (Wildman–Crippen LogP) is 3.16. The van der Waals surface area contributed by atoms with Gasteiger partial charge in [-0.2, -0.15) is 0 Å². The Kier molecular flexibility index (Phi) is 3.66. The fraction of sp³-hybridized carbons (Fsp3) is 0.500. The second kappa shape index (κ2) is 5.02. The molecular formula is C12H16ClFN2. The first kappa shape index (κ1) is 11.7. The Labute approximate surface area is 100.0 Å². The van der Waals surface area contributed by atoms with Crippen molar-refractivity contribution in [2.24, 2.45) is 5.73 Å². The third-order valence-corrected chi connectivity index (χ3v) is 3.39. The van der Waals surface area contributed by atoms with E-state index in [1.807, 2.05) is 0 Å². The van der Waals surface area contributed by atoms with Crippen LogP contribution in [0.15, 0.2) is 18.2 Å². The Morgan fingerprint density at radius 1 is 1.25 bits per heavy atom. The van der Waals surface area contributed by atoms with Crippen LogP contribution in [0.1, 0.15) is 25.7 Å². The van der Waals surface area contributed by atoms with Crippen LogP contribution in [-0.2, 0) is 0 Å². The number of nitrogens with one attached hydrogen (secondary N) is 1. The Morgan fingerprint density at radius 3 is 2.62 bits per heavy atom. The van der Waals surface area contributed by atoms with Crippen molar-refractivity contribution >= 4 is 17.3 Å². The minimum Gasteiger partial charge on any atom is -0.381 e. The molecule has 0 radical (unpaired) electrons. The Hall–Kier alpha value is -0.800. The first-order chi connectivity index (χ1) is 7.65. The minimum atomic E-state index is -0.264. The van der Waals surface area contributed by atoms with Gasteiger partial charge in [0.2, 0.25) is 0 Å². The summed E-state index contributed by atoms with van der Waals surface area (Å²) in [6, 6.07) is 5.06. The Morgan fingerprint density at radius 2 is 1.94 bits per heavy atom. The molecule has 3 N–H and O–H groups in total. The molecule has 2 rings (SSSR count). The Balaban J connectivity index is 2.00. The lowest BCUT2D eigenvalue weighted by Crippen LogP contribution is -2.32. The summed E-state index contributed by atoms with van der Waals surface area (Å²) >= 11 is 5.99. The molecule has 1 fully saturated rings. The fourth-order valence-electron chi connectivity index (χ4n) is 2.09. The largest absolute Gasteiger partial charge is 0.381 e. The van der Waals surface area contributed by atoms with E-state index in [2.05, 4.69) is 5.32 Å². The van der Waals surface area contributed by atoms with Gasteiger partial charge in [0.05, 0.1) is 10.7 Å². The number of nitrogens with two attached hydrogens (primary N) is 1. The Bertz CT molecular complexity index is 362. The van der Waals surface area contributed by atoms with Gasteiger partial charge in [0.25, 0.3) is 0 Å². The monoisotopic (exact) mass is 242 g/mol. The highest BCUT2D eigenvalue weighted by atomic mass is 35.5. The maximum absolute atomic E-state index is 13.0. The van der Waals surface area contributed by atoms with Crippen molar-refractivity contribution in [1.82, 2.24) is 0 Å². The number of benzene rings is 1. The molecular weight excluding hydrogens is 227 g/mol. The van der Waals surface area contributed by atoms with Gasteiger partial charge in [0.15, 0.2) is 0 Å². The molecule has 1 aromatic rings. The molecule has 0 heterocycles. The molecule has 0 saturated heterocycles. The number of anilines is 1. The van der Waals surface area contributed by atoms with Crippen molar-refractivity contribution in [2.75, 3.05) is 5.32 Å². The van der Waals surface area contributed by atoms with Gasteiger partial charge >= 0.3 is 0 Å². The number of rotatable bonds is 2. The van der Waals surface area contributed by atoms with Crippen molar-refractivity contribution in [3.05, 3.63) is 29.0 Å². The SMILES string of the molecule is NC1CCC(Nc2cc(F)ccc2Cl)CC1. The van der Waals surface area contributed by atoms with E-state index < -0.39 is 0 Å². The van der Waals surface area contributed by atoms with Crippen LogP contribution in [0.5, 0.6) is 0 Å². The van der Waals surface area contributed by atoms with E-state index in [4.69, 9.17) is 17.3 Å². The number of halogens is 2. The second-order valence-electron chi connectivity index (χ2n) is 4.38. The van der Waals surface area contributed by atoms with Crippen molar-refractivity contribution in [1.29, 1.82) is 0 Å². The first-order valence-electron chi connectivity index (χ1n) is 5.62. The summed E-state index contributed by atoms with van der Waals surface area (Å²) in [4.78, 5) is 0. The zero-order chi connectivity index (χ0) is 11.5. The van der Waals surface area contributed by atoms with E-state index in [1.165, 1.54) is 12.1 Å². The van der Waals surface area contributed by atoms with Gasteiger partial charge in [-0.15, -0.1) is 0 Å². The van der Waals surface area contributed by atoms with E-state index in [1.54, 1.807) is 6.07 Å². The van der Waals surface area contributed by atoms with Gasteiger partial charge in [-0.25, -0.2) is 4.39 Å². The van der Waals surface area contributed by atoms with Crippen LogP contribution in [0.25, 0.3) is 0 Å². The molecule has 1 aliphatic rings. The third-order valence-electron chi connectivity index (χ3n) is 3.06. The molecule has 1 aromatic carbocycles. The zero-order valence-electron chi connectivity index (χ0n) is 9.05. The average Bonchev–Trinajstić information content (AvgIpc) is 2.27. The van der Waals surface area contributed by atoms with Gasteiger partial charge in [-0.05, 0) is 43.9 Å². The average molecular weight is 243 g/mol. The molecule has 88 valence electrons. The van der Waals surface area contributed by atoms with Crippen LogP contribution in [-0.4, -0.2) is 12.1 Å². The van der Waals surface area contributed by atoms with Crippen molar-refractivity contribution in [3.63, 3.8) is 0 Å². The molecule has 0 bridgehead atoms. The van der Waals surface area contributed by atoms with Gasteiger partial charge in [-0.1, -0.05) is 11.6 Å². The maximum atomic E-state index is 13.0. The third kappa shape index (κ3) is 2.86. The molecule has 0 unspecified atom stereocenters. The lowest BCUT2D eigenvalue weighted by atomic mass is 9.92. The molecule has 2 nitrogen and oxygen atoms in total. The summed E-state index contributed by atoms with van der Waals surface area (Å²) in [7, 11) is 0. The van der Waals surface area contributed by atoms with Crippen molar-refractivity contribution in [3.8, 4) is 0 Å². The molecule has 1 saturated carbocycles. The highest BCUT2D eigenvalue weighted by molar-refractivity contribution is 6.33. The predicted molar refractivity (Wildman–Crippen MR) is 65.3 cm³/mol. The van der Waals surface area contributed by atoms with Crippen LogP contribution in [0.3, 0.4) is 0 Å². The van der Waals surface area contributed by atoms with Gasteiger partial charge in [-0.3, -0.25) is 0 Å². The fourth-order valence-corrected chi connectivity index (χ4v) is 2.26. The molecule has 1 aliphatic carbocycles. The van der Waals surface area contributed by atoms with E-state index in [-0.39, 0.29) is 5.82 Å². The van der Waals surface area contributed by atoms with E-state index >= 15 is 0 Å². The van der Waals surface area contributed by atoms with Gasteiger partial charge in [0, 0.05) is 12.1 Å². The van der Waals surface area contributed by atoms with Crippen LogP contribution < -0.4 is 11.1 Å². The summed E-state index contributed by atoms with van der Waals surface area (Å²) in [6.07, 6.45) is 4.08. The summed E-state index contributed by atoms with van der Waals surface area (Å²) in [5, 5.41) is 3.85. The van der Waals surface area contributed by atoms with E-state index in [9.17, 15) is 4.39 Å². The maximum Gasteiger partial charge on any atom is 0.125 e. The normalized spacial score (nSPS) is 25.4. The van der Waals surface area contributed by atoms with Gasteiger partial charge in [0.1, 0.15) is 5.82 Å². The van der Waals surface area contributed by atoms with Crippen LogP contribution in [0.4, 0.5) is 10.1 Å². The minimum absolute atomic E-state index is 0.264. The summed E-state index contributed by atoms with van der Waals surface area (Å²) in [5.74, 6) is -0.264. The molecule has 16 heavy (non-hydrogen) atoms.